The van der Waals surface area contributed by atoms with Crippen molar-refractivity contribution in [1.82, 2.24) is 9.97 Å². The number of benzene rings is 2. The van der Waals surface area contributed by atoms with Crippen LogP contribution in [0.2, 0.25) is 0 Å². The number of hydrogen-bond donors (Lipinski definition) is 1. The molecule has 1 N–H and O–H groups in total. The summed E-state index contributed by atoms with van der Waals surface area (Å²) in [5, 5.41) is 3.85. The van der Waals surface area contributed by atoms with Crippen molar-refractivity contribution >= 4 is 37.8 Å². The Morgan fingerprint density at radius 2 is 1.89 bits per heavy atom. The molecule has 186 valence electrons. The zero-order valence-electron chi connectivity index (χ0n) is 19.5. The summed E-state index contributed by atoms with van der Waals surface area (Å²) in [6.45, 7) is 0.751. The van der Waals surface area contributed by atoms with Gasteiger partial charge in [-0.05, 0) is 31.0 Å². The van der Waals surface area contributed by atoms with Gasteiger partial charge in [0.2, 0.25) is 0 Å². The minimum absolute atomic E-state index is 0.250. The van der Waals surface area contributed by atoms with E-state index in [0.29, 0.717) is 64.3 Å². The molecule has 11 heteroatoms. The lowest BCUT2D eigenvalue weighted by atomic mass is 10.2. The van der Waals surface area contributed by atoms with Gasteiger partial charge in [-0.2, -0.15) is 4.36 Å². The Kier molecular flexibility index (Phi) is 6.72. The van der Waals surface area contributed by atoms with Crippen LogP contribution in [0.5, 0.6) is 11.5 Å². The lowest BCUT2D eigenvalue weighted by molar-refractivity contribution is 0.0328. The lowest BCUT2D eigenvalue weighted by Gasteiger charge is -2.21. The molecular weight excluding hydrogens is 475 g/mol. The van der Waals surface area contributed by atoms with Crippen LogP contribution in [0.15, 0.2) is 41.0 Å². The molecule has 2 atom stereocenters. The quantitative estimate of drug-likeness (QED) is 0.513. The van der Waals surface area contributed by atoms with Gasteiger partial charge in [-0.15, -0.1) is 0 Å². The number of methoxy groups -OCH3 is 2. The highest BCUT2D eigenvalue weighted by Gasteiger charge is 2.31. The van der Waals surface area contributed by atoms with Gasteiger partial charge in [-0.3, -0.25) is 0 Å². The fourth-order valence-corrected chi connectivity index (χ4v) is 6.51. The van der Waals surface area contributed by atoms with Crippen molar-refractivity contribution in [2.75, 3.05) is 44.3 Å². The molecule has 2 aliphatic rings. The van der Waals surface area contributed by atoms with Crippen LogP contribution in [0.3, 0.4) is 0 Å². The van der Waals surface area contributed by atoms with Crippen molar-refractivity contribution < 1.29 is 27.5 Å². The van der Waals surface area contributed by atoms with E-state index in [-0.39, 0.29) is 12.2 Å². The topological polar surface area (TPSA) is 104 Å². The molecule has 3 aromatic rings. The van der Waals surface area contributed by atoms with Gasteiger partial charge in [0.25, 0.3) is 0 Å². The van der Waals surface area contributed by atoms with Crippen LogP contribution in [-0.4, -0.2) is 65.3 Å². The monoisotopic (exact) mass is 502 g/mol. The molecule has 0 saturated carbocycles. The highest BCUT2D eigenvalue weighted by Crippen LogP contribution is 2.38. The molecule has 5 rings (SSSR count). The van der Waals surface area contributed by atoms with E-state index in [4.69, 9.17) is 18.9 Å². The second-order valence-electron chi connectivity index (χ2n) is 8.48. The van der Waals surface area contributed by atoms with Crippen LogP contribution >= 0.6 is 0 Å². The maximum absolute atomic E-state index is 14.1. The summed E-state index contributed by atoms with van der Waals surface area (Å²) in [6, 6.07) is 7.74. The van der Waals surface area contributed by atoms with Gasteiger partial charge in [0, 0.05) is 30.7 Å². The van der Waals surface area contributed by atoms with E-state index in [9.17, 15) is 8.60 Å². The van der Waals surface area contributed by atoms with Crippen LogP contribution in [0.4, 0.5) is 21.6 Å². The first-order valence-electron chi connectivity index (χ1n) is 11.4. The highest BCUT2D eigenvalue weighted by atomic mass is 32.2. The minimum atomic E-state index is -2.25. The Morgan fingerprint density at radius 3 is 2.66 bits per heavy atom. The normalized spacial score (nSPS) is 21.2. The Bertz CT molecular complexity index is 1350. The van der Waals surface area contributed by atoms with E-state index in [1.54, 1.807) is 32.4 Å². The van der Waals surface area contributed by atoms with Gasteiger partial charge in [-0.25, -0.2) is 18.6 Å². The first-order valence-corrected chi connectivity index (χ1v) is 13.2. The zero-order chi connectivity index (χ0) is 24.4. The van der Waals surface area contributed by atoms with E-state index in [0.717, 1.165) is 12.8 Å². The van der Waals surface area contributed by atoms with Crippen LogP contribution in [0, 0.1) is 5.82 Å². The smallest absolute Gasteiger partial charge is 0.150 e. The van der Waals surface area contributed by atoms with Crippen molar-refractivity contribution in [3.05, 3.63) is 42.5 Å². The van der Waals surface area contributed by atoms with E-state index < -0.39 is 15.5 Å². The molecule has 2 aliphatic heterocycles. The molecule has 9 nitrogen and oxygen atoms in total. The van der Waals surface area contributed by atoms with E-state index in [2.05, 4.69) is 19.6 Å². The van der Waals surface area contributed by atoms with Crippen LogP contribution < -0.4 is 14.8 Å². The Morgan fingerprint density at radius 1 is 1.09 bits per heavy atom. The van der Waals surface area contributed by atoms with Crippen molar-refractivity contribution in [2.45, 2.75) is 25.0 Å². The molecule has 2 saturated heterocycles. The number of ether oxygens (including phenoxy) is 4. The number of aromatic nitrogens is 2. The summed E-state index contributed by atoms with van der Waals surface area (Å²) in [4.78, 5) is 8.78. The highest BCUT2D eigenvalue weighted by molar-refractivity contribution is 7.93. The Hall–Kier alpha value is -3.02. The van der Waals surface area contributed by atoms with Gasteiger partial charge in [0.15, 0.2) is 6.10 Å². The second kappa shape index (κ2) is 9.92. The van der Waals surface area contributed by atoms with Crippen LogP contribution in [0.25, 0.3) is 10.9 Å². The number of nitrogens with zero attached hydrogens (tertiary/aromatic N) is 3. The molecule has 0 aliphatic carbocycles. The third kappa shape index (κ3) is 5.02. The summed E-state index contributed by atoms with van der Waals surface area (Å²) in [6.07, 6.45) is 2.63. The number of anilines is 2. The van der Waals surface area contributed by atoms with Crippen molar-refractivity contribution in [3.8, 4) is 11.5 Å². The average molecular weight is 503 g/mol. The number of hydrogen-bond acceptors (Lipinski definition) is 9. The Labute approximate surface area is 203 Å². The molecule has 1 aromatic heterocycles. The molecule has 0 bridgehead atoms. The summed E-state index contributed by atoms with van der Waals surface area (Å²) in [5.41, 5.74) is 1.65. The van der Waals surface area contributed by atoms with E-state index in [1.807, 2.05) is 0 Å². The summed E-state index contributed by atoms with van der Waals surface area (Å²) >= 11 is 0. The molecule has 35 heavy (non-hydrogen) atoms. The maximum Gasteiger partial charge on any atom is 0.150 e. The molecule has 3 heterocycles. The van der Waals surface area contributed by atoms with Gasteiger partial charge in [0.05, 0.1) is 52.3 Å². The SMILES string of the molecule is COc1cc(N=S2(=O)CCCC2)cc2ncnc(Nc3ccc(F)cc3O[C@H]3COC[C@H]3OC)c12. The van der Waals surface area contributed by atoms with E-state index >= 15 is 0 Å². The number of nitrogens with one attached hydrogen (secondary N) is 1. The molecule has 0 unspecified atom stereocenters. The average Bonchev–Trinajstić information content (AvgIpc) is 3.48. The van der Waals surface area contributed by atoms with Gasteiger partial charge in [0.1, 0.15) is 35.6 Å². The molecule has 0 spiro atoms. The number of fused-ring (bicyclic) bond motifs is 1. The third-order valence-electron chi connectivity index (χ3n) is 6.11. The molecule has 0 amide bonds. The maximum atomic E-state index is 14.1. The molecule has 2 fully saturated rings. The summed E-state index contributed by atoms with van der Waals surface area (Å²) in [7, 11) is 0.881. The molecule has 2 aromatic carbocycles. The van der Waals surface area contributed by atoms with Gasteiger partial charge < -0.3 is 24.3 Å². The first-order chi connectivity index (χ1) is 17.0. The van der Waals surface area contributed by atoms with Crippen molar-refractivity contribution in [1.29, 1.82) is 0 Å². The Balaban J connectivity index is 1.52. The van der Waals surface area contributed by atoms with Gasteiger partial charge in [-0.1, -0.05) is 0 Å². The fraction of sp³-hybridized carbons (Fsp3) is 0.417. The van der Waals surface area contributed by atoms with Gasteiger partial charge >= 0.3 is 0 Å². The third-order valence-corrected chi connectivity index (χ3v) is 8.51. The predicted molar refractivity (Wildman–Crippen MR) is 131 cm³/mol. The number of halogens is 1. The van der Waals surface area contributed by atoms with Crippen molar-refractivity contribution in [2.24, 2.45) is 4.36 Å². The first kappa shape index (κ1) is 23.7. The lowest BCUT2D eigenvalue weighted by Crippen LogP contribution is -2.31. The fourth-order valence-electron chi connectivity index (χ4n) is 4.32. The zero-order valence-corrected chi connectivity index (χ0v) is 20.3. The second-order valence-corrected chi connectivity index (χ2v) is 11.0. The summed E-state index contributed by atoms with van der Waals surface area (Å²) in [5.74, 6) is 2.01. The molecular formula is C24H27FN4O5S. The standard InChI is InChI=1S/C24H27FN4O5S/c1-31-20-11-16(29-35(30)7-3-4-8-35)10-18-23(20)24(27-14-26-18)28-17-6-5-15(25)9-19(17)34-22-13-33-12-21(22)32-2/h5-6,9-11,14,21-22H,3-4,7-8,12-13H2,1-2H3,(H,26,27,28)/t21-,22+/m1/s1. The summed E-state index contributed by atoms with van der Waals surface area (Å²) < 4.78 is 54.1. The van der Waals surface area contributed by atoms with Crippen molar-refractivity contribution in [3.63, 3.8) is 0 Å². The number of rotatable bonds is 7. The predicted octanol–water partition coefficient (Wildman–Crippen LogP) is 4.21. The van der Waals surface area contributed by atoms with Crippen LogP contribution in [-0.2, 0) is 19.2 Å². The minimum Gasteiger partial charge on any atom is -0.496 e. The molecule has 0 radical (unpaired) electrons. The largest absolute Gasteiger partial charge is 0.496 e. The van der Waals surface area contributed by atoms with E-state index in [1.165, 1.54) is 18.5 Å². The van der Waals surface area contributed by atoms with Crippen LogP contribution in [0.1, 0.15) is 12.8 Å².